The van der Waals surface area contributed by atoms with Gasteiger partial charge in [0.2, 0.25) is 0 Å². The fraction of sp³-hybridized carbons (Fsp3) is 0.250. The predicted molar refractivity (Wildman–Crippen MR) is 72.0 cm³/mol. The smallest absolute Gasteiger partial charge is 0.0897 e. The molecular formula is C12H14N2S2. The van der Waals surface area contributed by atoms with E-state index >= 15 is 0 Å². The summed E-state index contributed by atoms with van der Waals surface area (Å²) in [5.74, 6) is 0.968. The summed E-state index contributed by atoms with van der Waals surface area (Å²) in [6.07, 6.45) is 1.95. The maximum atomic E-state index is 5.78. The normalized spacial score (nSPS) is 10.6. The van der Waals surface area contributed by atoms with Gasteiger partial charge in [0.05, 0.1) is 5.01 Å². The third kappa shape index (κ3) is 2.77. The third-order valence-electron chi connectivity index (χ3n) is 2.25. The van der Waals surface area contributed by atoms with Gasteiger partial charge >= 0.3 is 0 Å². The summed E-state index contributed by atoms with van der Waals surface area (Å²) in [7, 11) is 0. The number of aromatic nitrogens is 1. The number of nitrogens with two attached hydrogens (primary N) is 1. The molecule has 1 aromatic carbocycles. The standard InChI is InChI=1S/C12H14N2S2/c1-8-3-4-10(13)5-12(8)15-7-11-6-14-9(2)16-11/h3-6H,7,13H2,1-2H3. The number of hydrogen-bond acceptors (Lipinski definition) is 4. The highest BCUT2D eigenvalue weighted by molar-refractivity contribution is 7.98. The van der Waals surface area contributed by atoms with Crippen molar-refractivity contribution in [2.45, 2.75) is 24.5 Å². The first-order valence-electron chi connectivity index (χ1n) is 5.05. The van der Waals surface area contributed by atoms with E-state index in [1.54, 1.807) is 11.3 Å². The molecule has 0 saturated carbocycles. The van der Waals surface area contributed by atoms with Gasteiger partial charge in [-0.2, -0.15) is 0 Å². The van der Waals surface area contributed by atoms with E-state index < -0.39 is 0 Å². The lowest BCUT2D eigenvalue weighted by atomic mass is 10.2. The molecule has 0 radical (unpaired) electrons. The molecule has 84 valence electrons. The molecule has 0 aliphatic heterocycles. The van der Waals surface area contributed by atoms with Crippen molar-refractivity contribution < 1.29 is 0 Å². The van der Waals surface area contributed by atoms with Crippen LogP contribution in [0.15, 0.2) is 29.3 Å². The zero-order chi connectivity index (χ0) is 11.5. The lowest BCUT2D eigenvalue weighted by molar-refractivity contribution is 1.27. The number of nitrogens with zero attached hydrogens (tertiary/aromatic N) is 1. The zero-order valence-corrected chi connectivity index (χ0v) is 11.0. The number of rotatable bonds is 3. The maximum absolute atomic E-state index is 5.78. The second kappa shape index (κ2) is 4.89. The van der Waals surface area contributed by atoms with E-state index in [9.17, 15) is 0 Å². The van der Waals surface area contributed by atoms with E-state index in [0.717, 1.165) is 16.4 Å². The van der Waals surface area contributed by atoms with Gasteiger partial charge in [-0.1, -0.05) is 6.07 Å². The van der Waals surface area contributed by atoms with E-state index in [1.165, 1.54) is 15.3 Å². The predicted octanol–water partition coefficient (Wildman–Crippen LogP) is 3.63. The summed E-state index contributed by atoms with van der Waals surface area (Å²) in [6, 6.07) is 6.04. The minimum absolute atomic E-state index is 0.827. The molecule has 0 atom stereocenters. The van der Waals surface area contributed by atoms with Crippen LogP contribution in [0.25, 0.3) is 0 Å². The second-order valence-corrected chi connectivity index (χ2v) is 6.00. The average molecular weight is 250 g/mol. The number of thiazole rings is 1. The molecule has 0 spiro atoms. The average Bonchev–Trinajstić information content (AvgIpc) is 2.66. The molecule has 0 bridgehead atoms. The van der Waals surface area contributed by atoms with Crippen molar-refractivity contribution in [3.8, 4) is 0 Å². The van der Waals surface area contributed by atoms with Crippen molar-refractivity contribution in [2.75, 3.05) is 5.73 Å². The number of thioether (sulfide) groups is 1. The van der Waals surface area contributed by atoms with Gasteiger partial charge < -0.3 is 5.73 Å². The van der Waals surface area contributed by atoms with Crippen LogP contribution in [-0.2, 0) is 5.75 Å². The van der Waals surface area contributed by atoms with E-state index in [2.05, 4.69) is 18.0 Å². The van der Waals surface area contributed by atoms with Crippen LogP contribution >= 0.6 is 23.1 Å². The Morgan fingerprint density at radius 3 is 2.88 bits per heavy atom. The summed E-state index contributed by atoms with van der Waals surface area (Å²) < 4.78 is 0. The Hall–Kier alpha value is -1.00. The Balaban J connectivity index is 2.07. The first-order chi connectivity index (χ1) is 7.65. The Bertz CT molecular complexity index is 492. The SMILES string of the molecule is Cc1ncc(CSc2cc(N)ccc2C)s1. The molecule has 2 rings (SSSR count). The molecule has 16 heavy (non-hydrogen) atoms. The number of nitrogen functional groups attached to an aromatic ring is 1. The van der Waals surface area contributed by atoms with Crippen LogP contribution in [0.3, 0.4) is 0 Å². The first kappa shape index (κ1) is 11.5. The minimum Gasteiger partial charge on any atom is -0.399 e. The summed E-state index contributed by atoms with van der Waals surface area (Å²) >= 11 is 3.57. The van der Waals surface area contributed by atoms with Gasteiger partial charge in [-0.15, -0.1) is 23.1 Å². The molecular weight excluding hydrogens is 236 g/mol. The van der Waals surface area contributed by atoms with Crippen molar-refractivity contribution in [1.82, 2.24) is 4.98 Å². The van der Waals surface area contributed by atoms with Crippen LogP contribution in [-0.4, -0.2) is 4.98 Å². The topological polar surface area (TPSA) is 38.9 Å². The van der Waals surface area contributed by atoms with Crippen molar-refractivity contribution in [1.29, 1.82) is 0 Å². The van der Waals surface area contributed by atoms with Crippen molar-refractivity contribution >= 4 is 28.8 Å². The highest BCUT2D eigenvalue weighted by atomic mass is 32.2. The molecule has 0 aliphatic rings. The van der Waals surface area contributed by atoms with Crippen molar-refractivity contribution in [3.63, 3.8) is 0 Å². The van der Waals surface area contributed by atoms with E-state index in [1.807, 2.05) is 37.0 Å². The fourth-order valence-corrected chi connectivity index (χ4v) is 3.28. The number of anilines is 1. The number of aryl methyl sites for hydroxylation is 2. The first-order valence-corrected chi connectivity index (χ1v) is 6.85. The largest absolute Gasteiger partial charge is 0.399 e. The van der Waals surface area contributed by atoms with Gasteiger partial charge in [0, 0.05) is 27.4 Å². The highest BCUT2D eigenvalue weighted by Crippen LogP contribution is 2.29. The third-order valence-corrected chi connectivity index (χ3v) is 4.55. The molecule has 2 aromatic rings. The molecule has 1 heterocycles. The fourth-order valence-electron chi connectivity index (χ4n) is 1.39. The van der Waals surface area contributed by atoms with E-state index in [4.69, 9.17) is 5.73 Å². The summed E-state index contributed by atoms with van der Waals surface area (Å²) in [5.41, 5.74) is 7.88. The molecule has 0 fully saturated rings. The van der Waals surface area contributed by atoms with E-state index in [-0.39, 0.29) is 0 Å². The van der Waals surface area contributed by atoms with Crippen LogP contribution in [0, 0.1) is 13.8 Å². The Morgan fingerprint density at radius 2 is 2.19 bits per heavy atom. The van der Waals surface area contributed by atoms with Gasteiger partial charge in [-0.3, -0.25) is 0 Å². The Labute approximate surface area is 104 Å². The molecule has 2 N–H and O–H groups in total. The highest BCUT2D eigenvalue weighted by Gasteiger charge is 2.03. The monoisotopic (exact) mass is 250 g/mol. The summed E-state index contributed by atoms with van der Waals surface area (Å²) in [4.78, 5) is 6.81. The molecule has 0 amide bonds. The van der Waals surface area contributed by atoms with E-state index in [0.29, 0.717) is 0 Å². The van der Waals surface area contributed by atoms with Crippen LogP contribution < -0.4 is 5.73 Å². The van der Waals surface area contributed by atoms with Crippen molar-refractivity contribution in [3.05, 3.63) is 39.8 Å². The van der Waals surface area contributed by atoms with Gasteiger partial charge in [-0.25, -0.2) is 4.98 Å². The Morgan fingerprint density at radius 1 is 1.38 bits per heavy atom. The van der Waals surface area contributed by atoms with Gasteiger partial charge in [0.25, 0.3) is 0 Å². The van der Waals surface area contributed by atoms with Gasteiger partial charge in [0.15, 0.2) is 0 Å². The molecule has 1 aromatic heterocycles. The van der Waals surface area contributed by atoms with Crippen LogP contribution in [0.2, 0.25) is 0 Å². The van der Waals surface area contributed by atoms with Gasteiger partial charge in [0.1, 0.15) is 0 Å². The number of hydrogen-bond donors (Lipinski definition) is 1. The number of benzene rings is 1. The quantitative estimate of drug-likeness (QED) is 0.668. The minimum atomic E-state index is 0.827. The van der Waals surface area contributed by atoms with Gasteiger partial charge in [-0.05, 0) is 31.5 Å². The van der Waals surface area contributed by atoms with Crippen LogP contribution in [0.5, 0.6) is 0 Å². The summed E-state index contributed by atoms with van der Waals surface area (Å²) in [6.45, 7) is 4.14. The lowest BCUT2D eigenvalue weighted by Gasteiger charge is -2.05. The van der Waals surface area contributed by atoms with Crippen LogP contribution in [0.1, 0.15) is 15.4 Å². The summed E-state index contributed by atoms with van der Waals surface area (Å²) in [5, 5.41) is 1.12. The molecule has 0 aliphatic carbocycles. The Kier molecular flexibility index (Phi) is 3.51. The maximum Gasteiger partial charge on any atom is 0.0897 e. The molecule has 0 saturated heterocycles. The second-order valence-electron chi connectivity index (χ2n) is 3.66. The zero-order valence-electron chi connectivity index (χ0n) is 9.36. The molecule has 0 unspecified atom stereocenters. The molecule has 2 nitrogen and oxygen atoms in total. The van der Waals surface area contributed by atoms with Crippen molar-refractivity contribution in [2.24, 2.45) is 0 Å². The lowest BCUT2D eigenvalue weighted by Crippen LogP contribution is -1.87. The van der Waals surface area contributed by atoms with Crippen LogP contribution in [0.4, 0.5) is 5.69 Å². The molecule has 4 heteroatoms.